The maximum absolute atomic E-state index is 13.1. The number of H-pyrrole nitrogens is 1. The zero-order chi connectivity index (χ0) is 21.1. The van der Waals surface area contributed by atoms with Crippen molar-refractivity contribution in [2.24, 2.45) is 5.92 Å². The molecule has 8 nitrogen and oxygen atoms in total. The molecule has 0 bridgehead atoms. The van der Waals surface area contributed by atoms with Crippen molar-refractivity contribution >= 4 is 34.2 Å². The van der Waals surface area contributed by atoms with E-state index in [-0.39, 0.29) is 12.0 Å². The van der Waals surface area contributed by atoms with Crippen LogP contribution in [0.2, 0.25) is 0 Å². The molecule has 1 atom stereocenters. The fourth-order valence-electron chi connectivity index (χ4n) is 3.09. The fraction of sp³-hybridized carbons (Fsp3) is 0.333. The lowest BCUT2D eigenvalue weighted by Crippen LogP contribution is -2.46. The number of rotatable bonds is 5. The molecule has 3 aromatic rings. The van der Waals surface area contributed by atoms with Gasteiger partial charge in [-0.15, -0.1) is 0 Å². The summed E-state index contributed by atoms with van der Waals surface area (Å²) in [5.41, 5.74) is 8.79. The lowest BCUT2D eigenvalue weighted by Gasteiger charge is -2.32. The molecule has 0 aliphatic rings. The summed E-state index contributed by atoms with van der Waals surface area (Å²) in [5, 5.41) is 9.96. The maximum Gasteiger partial charge on any atom is 0.314 e. The van der Waals surface area contributed by atoms with Gasteiger partial charge < -0.3 is 16.0 Å². The monoisotopic (exact) mass is 394 g/mol. The number of carbonyl (C=O) groups excluding carboxylic acids is 2. The number of aryl methyl sites for hydroxylation is 1. The Morgan fingerprint density at radius 2 is 1.93 bits per heavy atom. The van der Waals surface area contributed by atoms with E-state index in [0.717, 1.165) is 11.1 Å². The molecule has 2 amide bonds. The smallest absolute Gasteiger partial charge is 0.314 e. The van der Waals surface area contributed by atoms with E-state index in [0.29, 0.717) is 29.0 Å². The van der Waals surface area contributed by atoms with Crippen LogP contribution in [-0.2, 0) is 16.1 Å². The van der Waals surface area contributed by atoms with Gasteiger partial charge in [0.1, 0.15) is 5.82 Å². The summed E-state index contributed by atoms with van der Waals surface area (Å²) in [7, 11) is 0. The largest absolute Gasteiger partial charge is 0.383 e. The Bertz CT molecular complexity index is 1040. The van der Waals surface area contributed by atoms with E-state index >= 15 is 0 Å². The number of carbonyl (C=O) groups is 2. The number of nitrogen functional groups attached to an aromatic ring is 1. The van der Waals surface area contributed by atoms with Gasteiger partial charge in [-0.2, -0.15) is 5.10 Å². The third-order valence-corrected chi connectivity index (χ3v) is 5.28. The molecule has 8 heteroatoms. The number of hydrogen-bond donors (Lipinski definition) is 3. The molecule has 0 saturated heterocycles. The molecule has 152 valence electrons. The molecular formula is C21H26N6O2. The highest BCUT2D eigenvalue weighted by Gasteiger charge is 2.29. The van der Waals surface area contributed by atoms with Crippen molar-refractivity contribution in [2.45, 2.75) is 40.3 Å². The Morgan fingerprint density at radius 1 is 1.21 bits per heavy atom. The summed E-state index contributed by atoms with van der Waals surface area (Å²) < 4.78 is 0. The Morgan fingerprint density at radius 3 is 2.62 bits per heavy atom. The van der Waals surface area contributed by atoms with Crippen molar-refractivity contribution in [3.63, 3.8) is 0 Å². The minimum absolute atomic E-state index is 0.121. The summed E-state index contributed by atoms with van der Waals surface area (Å²) in [5.74, 6) is -0.839. The van der Waals surface area contributed by atoms with Crippen LogP contribution in [0.15, 0.2) is 36.7 Å². The number of hydrogen-bond acceptors (Lipinski definition) is 5. The Kier molecular flexibility index (Phi) is 5.81. The van der Waals surface area contributed by atoms with Crippen LogP contribution in [-0.4, -0.2) is 37.9 Å². The number of anilines is 2. The zero-order valence-corrected chi connectivity index (χ0v) is 17.1. The number of pyridine rings is 1. The number of aromatic amines is 1. The van der Waals surface area contributed by atoms with Gasteiger partial charge in [0.15, 0.2) is 0 Å². The van der Waals surface area contributed by atoms with Crippen molar-refractivity contribution < 1.29 is 9.59 Å². The number of nitrogens with two attached hydrogens (primary N) is 1. The zero-order valence-electron chi connectivity index (χ0n) is 17.1. The summed E-state index contributed by atoms with van der Waals surface area (Å²) in [6.07, 6.45) is 2.94. The lowest BCUT2D eigenvalue weighted by atomic mass is 10.0. The van der Waals surface area contributed by atoms with Gasteiger partial charge in [0.2, 0.25) is 0 Å². The number of nitrogens with one attached hydrogen (secondary N) is 2. The molecule has 2 heterocycles. The SMILES string of the molecule is Cc1ccccc1CN(C(=O)C(=O)Nc1cnc(N)c2cn[nH]c12)C(C)C(C)C. The van der Waals surface area contributed by atoms with Gasteiger partial charge in [-0.25, -0.2) is 4.98 Å². The van der Waals surface area contributed by atoms with Gasteiger partial charge in [0.25, 0.3) is 0 Å². The second-order valence-corrected chi connectivity index (χ2v) is 7.51. The van der Waals surface area contributed by atoms with Gasteiger partial charge in [-0.05, 0) is 30.9 Å². The standard InChI is InChI=1S/C21H26N6O2/c1-12(2)14(4)27(11-15-8-6-5-7-13(15)3)21(29)20(28)25-17-10-23-19(22)16-9-24-26-18(16)17/h5-10,12,14H,11H2,1-4H3,(H2,22,23)(H,24,26)(H,25,28). The molecule has 1 unspecified atom stereocenters. The van der Waals surface area contributed by atoms with E-state index in [4.69, 9.17) is 5.73 Å². The van der Waals surface area contributed by atoms with Crippen LogP contribution in [0.3, 0.4) is 0 Å². The Labute approximate surface area is 169 Å². The van der Waals surface area contributed by atoms with Gasteiger partial charge in [0, 0.05) is 12.6 Å². The van der Waals surface area contributed by atoms with Crippen molar-refractivity contribution in [3.05, 3.63) is 47.8 Å². The van der Waals surface area contributed by atoms with Gasteiger partial charge >= 0.3 is 11.8 Å². The van der Waals surface area contributed by atoms with E-state index in [9.17, 15) is 9.59 Å². The van der Waals surface area contributed by atoms with Crippen LogP contribution in [0.1, 0.15) is 31.9 Å². The highest BCUT2D eigenvalue weighted by molar-refractivity contribution is 6.40. The van der Waals surface area contributed by atoms with Crippen molar-refractivity contribution in [1.82, 2.24) is 20.1 Å². The molecule has 2 aromatic heterocycles. The quantitative estimate of drug-likeness (QED) is 0.575. The second kappa shape index (κ2) is 8.30. The second-order valence-electron chi connectivity index (χ2n) is 7.51. The predicted octanol–water partition coefficient (Wildman–Crippen LogP) is 2.86. The highest BCUT2D eigenvalue weighted by Crippen LogP contribution is 2.24. The third-order valence-electron chi connectivity index (χ3n) is 5.28. The predicted molar refractivity (Wildman–Crippen MR) is 113 cm³/mol. The molecule has 1 aromatic carbocycles. The number of amides is 2. The molecule has 0 aliphatic heterocycles. The number of benzene rings is 1. The van der Waals surface area contributed by atoms with Crippen LogP contribution in [0, 0.1) is 12.8 Å². The Balaban J connectivity index is 1.86. The van der Waals surface area contributed by atoms with E-state index in [1.165, 1.54) is 12.4 Å². The average molecular weight is 394 g/mol. The topological polar surface area (TPSA) is 117 Å². The minimum Gasteiger partial charge on any atom is -0.383 e. The van der Waals surface area contributed by atoms with E-state index in [2.05, 4.69) is 20.5 Å². The molecule has 3 rings (SSSR count). The first-order valence-corrected chi connectivity index (χ1v) is 9.53. The van der Waals surface area contributed by atoms with E-state index in [1.54, 1.807) is 4.90 Å². The lowest BCUT2D eigenvalue weighted by molar-refractivity contribution is -0.145. The molecule has 4 N–H and O–H groups in total. The summed E-state index contributed by atoms with van der Waals surface area (Å²) in [6, 6.07) is 7.73. The van der Waals surface area contributed by atoms with Crippen LogP contribution >= 0.6 is 0 Å². The number of fused-ring (bicyclic) bond motifs is 1. The number of aromatic nitrogens is 3. The van der Waals surface area contributed by atoms with E-state index in [1.807, 2.05) is 52.0 Å². The van der Waals surface area contributed by atoms with E-state index < -0.39 is 11.8 Å². The van der Waals surface area contributed by atoms with Gasteiger partial charge in [0.05, 0.1) is 29.0 Å². The Hall–Kier alpha value is -3.42. The van der Waals surface area contributed by atoms with Gasteiger partial charge in [-0.1, -0.05) is 38.1 Å². The third kappa shape index (κ3) is 4.21. The van der Waals surface area contributed by atoms with Crippen molar-refractivity contribution in [2.75, 3.05) is 11.1 Å². The normalized spacial score (nSPS) is 12.2. The molecular weight excluding hydrogens is 368 g/mol. The number of nitrogens with zero attached hydrogens (tertiary/aromatic N) is 3. The van der Waals surface area contributed by atoms with Crippen LogP contribution < -0.4 is 11.1 Å². The molecule has 0 radical (unpaired) electrons. The van der Waals surface area contributed by atoms with Crippen molar-refractivity contribution in [1.29, 1.82) is 0 Å². The minimum atomic E-state index is -0.728. The molecule has 0 fully saturated rings. The average Bonchev–Trinajstić information content (AvgIpc) is 3.19. The summed E-state index contributed by atoms with van der Waals surface area (Å²) in [6.45, 7) is 8.36. The van der Waals surface area contributed by atoms with Crippen LogP contribution in [0.25, 0.3) is 10.9 Å². The van der Waals surface area contributed by atoms with Gasteiger partial charge in [-0.3, -0.25) is 14.7 Å². The molecule has 0 saturated carbocycles. The molecule has 0 spiro atoms. The first-order chi connectivity index (χ1) is 13.8. The maximum atomic E-state index is 13.1. The first-order valence-electron chi connectivity index (χ1n) is 9.53. The fourth-order valence-corrected chi connectivity index (χ4v) is 3.09. The summed E-state index contributed by atoms with van der Waals surface area (Å²) >= 11 is 0. The van der Waals surface area contributed by atoms with Crippen LogP contribution in [0.4, 0.5) is 11.5 Å². The molecule has 0 aliphatic carbocycles. The summed E-state index contributed by atoms with van der Waals surface area (Å²) in [4.78, 5) is 31.6. The molecule has 29 heavy (non-hydrogen) atoms. The first kappa shape index (κ1) is 20.3. The highest BCUT2D eigenvalue weighted by atomic mass is 16.2. The van der Waals surface area contributed by atoms with Crippen molar-refractivity contribution in [3.8, 4) is 0 Å². The van der Waals surface area contributed by atoms with Crippen LogP contribution in [0.5, 0.6) is 0 Å².